The quantitative estimate of drug-likeness (QED) is 0.410. The molecule has 25 heavy (non-hydrogen) atoms. The summed E-state index contributed by atoms with van der Waals surface area (Å²) >= 11 is 0. The van der Waals surface area contributed by atoms with Crippen LogP contribution in [0.1, 0.15) is 12.7 Å². The summed E-state index contributed by atoms with van der Waals surface area (Å²) in [5.74, 6) is -0.273. The molecule has 8 nitrogen and oxygen atoms in total. The van der Waals surface area contributed by atoms with Gasteiger partial charge in [-0.05, 0) is 24.3 Å². The Morgan fingerprint density at radius 2 is 1.88 bits per heavy atom. The fraction of sp³-hybridized carbons (Fsp3) is 0.118. The number of esters is 1. The predicted molar refractivity (Wildman–Crippen MR) is 89.5 cm³/mol. The Morgan fingerprint density at radius 1 is 1.20 bits per heavy atom. The third-order valence-electron chi connectivity index (χ3n) is 3.57. The zero-order valence-electron chi connectivity index (χ0n) is 13.2. The summed E-state index contributed by atoms with van der Waals surface area (Å²) in [7, 11) is 0. The maximum absolute atomic E-state index is 12.9. The monoisotopic (exact) mass is 339 g/mol. The lowest BCUT2D eigenvalue weighted by Gasteiger charge is -2.13. The highest BCUT2D eigenvalue weighted by Crippen LogP contribution is 2.17. The van der Waals surface area contributed by atoms with Crippen LogP contribution < -0.4 is 5.56 Å². The summed E-state index contributed by atoms with van der Waals surface area (Å²) in [6, 6.07) is 12.3. The number of carbonyl (C=O) groups is 1. The Balaban J connectivity index is 2.21. The van der Waals surface area contributed by atoms with E-state index in [0.717, 1.165) is 0 Å². The van der Waals surface area contributed by atoms with E-state index in [2.05, 4.69) is 4.98 Å². The Hall–Kier alpha value is -3.55. The molecule has 0 N–H and O–H groups in total. The van der Waals surface area contributed by atoms with Crippen LogP contribution in [-0.4, -0.2) is 20.4 Å². The molecular weight excluding hydrogens is 326 g/mol. The van der Waals surface area contributed by atoms with Crippen molar-refractivity contribution in [2.75, 3.05) is 0 Å². The summed E-state index contributed by atoms with van der Waals surface area (Å²) in [6.45, 7) is 1.07. The molecule has 1 aromatic heterocycles. The predicted octanol–water partition coefficient (Wildman–Crippen LogP) is 2.36. The number of carbonyl (C=O) groups excluding carboxylic acids is 1. The molecule has 0 saturated carbocycles. The molecular formula is C17H13N3O5. The average molecular weight is 339 g/mol. The number of aromatic nitrogens is 2. The van der Waals surface area contributed by atoms with Gasteiger partial charge in [0, 0.05) is 19.1 Å². The fourth-order valence-corrected chi connectivity index (χ4v) is 2.43. The van der Waals surface area contributed by atoms with Crippen LogP contribution >= 0.6 is 0 Å². The van der Waals surface area contributed by atoms with Crippen molar-refractivity contribution in [3.63, 3.8) is 0 Å². The number of nitro benzene ring substituents is 1. The van der Waals surface area contributed by atoms with Crippen molar-refractivity contribution in [3.05, 3.63) is 74.8 Å². The number of ether oxygens (including phenoxy) is 1. The van der Waals surface area contributed by atoms with Crippen molar-refractivity contribution in [1.29, 1.82) is 0 Å². The third kappa shape index (κ3) is 3.23. The lowest BCUT2D eigenvalue weighted by molar-refractivity contribution is -0.384. The lowest BCUT2D eigenvalue weighted by atomic mass is 10.2. The molecule has 8 heteroatoms. The number of non-ortho nitro benzene ring substituents is 1. The first kappa shape index (κ1) is 16.3. The highest BCUT2D eigenvalue weighted by atomic mass is 16.6. The van der Waals surface area contributed by atoms with Gasteiger partial charge in [0.2, 0.25) is 0 Å². The van der Waals surface area contributed by atoms with Crippen LogP contribution in [0.2, 0.25) is 0 Å². The van der Waals surface area contributed by atoms with Crippen LogP contribution in [0.25, 0.3) is 16.6 Å². The van der Waals surface area contributed by atoms with Crippen molar-refractivity contribution in [1.82, 2.24) is 9.55 Å². The fourth-order valence-electron chi connectivity index (χ4n) is 2.43. The normalized spacial score (nSPS) is 10.6. The zero-order valence-corrected chi connectivity index (χ0v) is 13.2. The molecule has 2 aromatic carbocycles. The molecule has 0 spiro atoms. The van der Waals surface area contributed by atoms with E-state index in [1.165, 1.54) is 35.8 Å². The van der Waals surface area contributed by atoms with E-state index in [1.807, 2.05) is 0 Å². The first-order chi connectivity index (χ1) is 12.0. The molecule has 0 atom stereocenters. The van der Waals surface area contributed by atoms with Gasteiger partial charge < -0.3 is 4.74 Å². The van der Waals surface area contributed by atoms with E-state index in [4.69, 9.17) is 4.74 Å². The summed E-state index contributed by atoms with van der Waals surface area (Å²) < 4.78 is 6.27. The second-order valence-electron chi connectivity index (χ2n) is 5.24. The number of nitrogens with zero attached hydrogens (tertiary/aromatic N) is 3. The Labute approximate surface area is 141 Å². The van der Waals surface area contributed by atoms with Crippen molar-refractivity contribution < 1.29 is 14.5 Å². The highest BCUT2D eigenvalue weighted by Gasteiger charge is 2.15. The molecule has 1 heterocycles. The largest absolute Gasteiger partial charge is 0.458 e. The van der Waals surface area contributed by atoms with Gasteiger partial charge in [-0.2, -0.15) is 0 Å². The van der Waals surface area contributed by atoms with Crippen LogP contribution in [0.3, 0.4) is 0 Å². The van der Waals surface area contributed by atoms with E-state index < -0.39 is 10.9 Å². The van der Waals surface area contributed by atoms with Gasteiger partial charge in [-0.3, -0.25) is 24.3 Å². The number of benzene rings is 2. The highest BCUT2D eigenvalue weighted by molar-refractivity contribution is 5.77. The number of hydrogen-bond donors (Lipinski definition) is 0. The molecule has 0 bridgehead atoms. The van der Waals surface area contributed by atoms with Crippen molar-refractivity contribution in [3.8, 4) is 5.69 Å². The van der Waals surface area contributed by atoms with Gasteiger partial charge in [0.05, 0.1) is 21.5 Å². The minimum atomic E-state index is -0.523. The van der Waals surface area contributed by atoms with Gasteiger partial charge in [0.1, 0.15) is 6.61 Å². The summed E-state index contributed by atoms with van der Waals surface area (Å²) in [6.07, 6.45) is 0. The second kappa shape index (κ2) is 6.52. The van der Waals surface area contributed by atoms with Crippen LogP contribution in [0.4, 0.5) is 5.69 Å². The molecule has 0 aliphatic carbocycles. The van der Waals surface area contributed by atoms with Crippen molar-refractivity contribution >= 4 is 22.6 Å². The molecule has 3 aromatic rings. The molecule has 126 valence electrons. The summed E-state index contributed by atoms with van der Waals surface area (Å²) in [4.78, 5) is 38.7. The van der Waals surface area contributed by atoms with E-state index in [1.54, 1.807) is 24.3 Å². The topological polar surface area (TPSA) is 104 Å². The standard InChI is InChI=1S/C17H13N3O5/c1-11(21)25-10-16-18-15-5-3-2-4-14(15)17(22)19(16)12-6-8-13(9-7-12)20(23)24/h2-9H,10H2,1H3. The van der Waals surface area contributed by atoms with Crippen LogP contribution in [0, 0.1) is 10.1 Å². The zero-order chi connectivity index (χ0) is 18.0. The minimum Gasteiger partial charge on any atom is -0.458 e. The van der Waals surface area contributed by atoms with Crippen LogP contribution in [0.15, 0.2) is 53.3 Å². The number of para-hydroxylation sites is 1. The first-order valence-electron chi connectivity index (χ1n) is 7.36. The van der Waals surface area contributed by atoms with Gasteiger partial charge in [-0.15, -0.1) is 0 Å². The van der Waals surface area contributed by atoms with Crippen LogP contribution in [-0.2, 0) is 16.1 Å². The number of hydrogen-bond acceptors (Lipinski definition) is 6. The Kier molecular flexibility index (Phi) is 4.25. The summed E-state index contributed by atoms with van der Waals surface area (Å²) in [5.41, 5.74) is 0.442. The molecule has 0 amide bonds. The number of fused-ring (bicyclic) bond motifs is 1. The van der Waals surface area contributed by atoms with E-state index in [-0.39, 0.29) is 23.7 Å². The second-order valence-corrected chi connectivity index (χ2v) is 5.24. The maximum Gasteiger partial charge on any atom is 0.303 e. The Bertz CT molecular complexity index is 1020. The smallest absolute Gasteiger partial charge is 0.303 e. The average Bonchev–Trinajstić information content (AvgIpc) is 2.60. The van der Waals surface area contributed by atoms with Gasteiger partial charge in [0.15, 0.2) is 5.82 Å². The summed E-state index contributed by atoms with van der Waals surface area (Å²) in [5, 5.41) is 11.2. The lowest BCUT2D eigenvalue weighted by Crippen LogP contribution is -2.24. The third-order valence-corrected chi connectivity index (χ3v) is 3.57. The molecule has 0 aliphatic heterocycles. The minimum absolute atomic E-state index is 0.0907. The van der Waals surface area contributed by atoms with Gasteiger partial charge >= 0.3 is 5.97 Å². The van der Waals surface area contributed by atoms with Gasteiger partial charge in [-0.1, -0.05) is 12.1 Å². The Morgan fingerprint density at radius 3 is 2.52 bits per heavy atom. The van der Waals surface area contributed by atoms with E-state index in [0.29, 0.717) is 16.6 Å². The van der Waals surface area contributed by atoms with Crippen molar-refractivity contribution in [2.24, 2.45) is 0 Å². The first-order valence-corrected chi connectivity index (χ1v) is 7.36. The van der Waals surface area contributed by atoms with Crippen LogP contribution in [0.5, 0.6) is 0 Å². The molecule has 3 rings (SSSR count). The van der Waals surface area contributed by atoms with Gasteiger partial charge in [-0.25, -0.2) is 4.98 Å². The van der Waals surface area contributed by atoms with Crippen molar-refractivity contribution in [2.45, 2.75) is 13.5 Å². The molecule has 0 fully saturated rings. The molecule has 0 aliphatic rings. The molecule has 0 radical (unpaired) electrons. The number of rotatable bonds is 4. The maximum atomic E-state index is 12.9. The SMILES string of the molecule is CC(=O)OCc1nc2ccccc2c(=O)n1-c1ccc([N+](=O)[O-])cc1. The van der Waals surface area contributed by atoms with E-state index >= 15 is 0 Å². The van der Waals surface area contributed by atoms with Gasteiger partial charge in [0.25, 0.3) is 11.2 Å². The number of nitro groups is 1. The molecule has 0 unspecified atom stereocenters. The molecule has 0 saturated heterocycles. The van der Waals surface area contributed by atoms with E-state index in [9.17, 15) is 19.7 Å².